The maximum atomic E-state index is 12.8. The van der Waals surface area contributed by atoms with Crippen LogP contribution in [0.1, 0.15) is 25.0 Å². The van der Waals surface area contributed by atoms with Crippen LogP contribution in [0.5, 0.6) is 0 Å². The van der Waals surface area contributed by atoms with E-state index in [2.05, 4.69) is 10.6 Å². The Morgan fingerprint density at radius 2 is 1.88 bits per heavy atom. The minimum absolute atomic E-state index is 0.0196. The second-order valence-corrected chi connectivity index (χ2v) is 7.02. The Morgan fingerprint density at radius 1 is 1.16 bits per heavy atom. The highest BCUT2D eigenvalue weighted by atomic mass is 16.2. The van der Waals surface area contributed by atoms with Crippen LogP contribution in [0.3, 0.4) is 0 Å². The number of nitrogens with one attached hydrogen (secondary N) is 2. The van der Waals surface area contributed by atoms with Gasteiger partial charge in [0.25, 0.3) is 5.91 Å². The fraction of sp³-hybridized carbons (Fsp3) is 0.300. The molecule has 2 aromatic rings. The van der Waals surface area contributed by atoms with Gasteiger partial charge in [-0.25, -0.2) is 0 Å². The Morgan fingerprint density at radius 3 is 2.60 bits per heavy atom. The maximum absolute atomic E-state index is 12.8. The molecule has 1 aliphatic rings. The van der Waals surface area contributed by atoms with Gasteiger partial charge in [0.2, 0.25) is 5.91 Å². The van der Waals surface area contributed by atoms with Crippen LogP contribution in [0.15, 0.2) is 42.5 Å². The molecule has 0 radical (unpaired) electrons. The molecule has 0 atom stereocenters. The van der Waals surface area contributed by atoms with Gasteiger partial charge in [-0.15, -0.1) is 0 Å². The average Bonchev–Trinajstić information content (AvgIpc) is 2.54. The second-order valence-electron chi connectivity index (χ2n) is 7.02. The van der Waals surface area contributed by atoms with E-state index in [1.807, 2.05) is 70.2 Å². The number of amides is 2. The minimum atomic E-state index is -0.756. The van der Waals surface area contributed by atoms with Gasteiger partial charge in [0.1, 0.15) is 12.1 Å². The SMILES string of the molecule is Cc1ccc(NC(=O)CN2C(=O)C(C)(C)Nc3ccccc32)c(C)c1. The van der Waals surface area contributed by atoms with Crippen LogP contribution in [-0.2, 0) is 9.59 Å². The van der Waals surface area contributed by atoms with Crippen LogP contribution in [0, 0.1) is 13.8 Å². The van der Waals surface area contributed by atoms with Crippen molar-refractivity contribution in [3.8, 4) is 0 Å². The molecule has 3 rings (SSSR count). The van der Waals surface area contributed by atoms with Gasteiger partial charge in [-0.3, -0.25) is 14.5 Å². The van der Waals surface area contributed by atoms with Gasteiger partial charge >= 0.3 is 0 Å². The van der Waals surface area contributed by atoms with Crippen LogP contribution < -0.4 is 15.5 Å². The molecule has 0 aromatic heterocycles. The van der Waals surface area contributed by atoms with E-state index in [0.29, 0.717) is 0 Å². The van der Waals surface area contributed by atoms with Crippen molar-refractivity contribution < 1.29 is 9.59 Å². The third-order valence-electron chi connectivity index (χ3n) is 4.38. The molecule has 0 bridgehead atoms. The molecule has 0 saturated carbocycles. The Kier molecular flexibility index (Phi) is 4.25. The number of carbonyl (C=O) groups is 2. The molecule has 0 spiro atoms. The zero-order valence-corrected chi connectivity index (χ0v) is 15.0. The zero-order valence-electron chi connectivity index (χ0n) is 15.0. The van der Waals surface area contributed by atoms with Crippen LogP contribution in [0.2, 0.25) is 0 Å². The fourth-order valence-electron chi connectivity index (χ4n) is 3.10. The largest absolute Gasteiger partial charge is 0.370 e. The van der Waals surface area contributed by atoms with E-state index in [0.717, 1.165) is 28.2 Å². The topological polar surface area (TPSA) is 61.4 Å². The van der Waals surface area contributed by atoms with E-state index in [1.165, 1.54) is 0 Å². The standard InChI is InChI=1S/C20H23N3O2/c1-13-9-10-15(14(2)11-13)21-18(24)12-23-17-8-6-5-7-16(17)22-20(3,4)19(23)25/h5-11,22H,12H2,1-4H3,(H,21,24). The van der Waals surface area contributed by atoms with Crippen molar-refractivity contribution in [3.63, 3.8) is 0 Å². The van der Waals surface area contributed by atoms with E-state index in [9.17, 15) is 9.59 Å². The first-order valence-corrected chi connectivity index (χ1v) is 8.34. The molecule has 1 heterocycles. The molecule has 1 aliphatic heterocycles. The van der Waals surface area contributed by atoms with E-state index < -0.39 is 5.54 Å². The summed E-state index contributed by atoms with van der Waals surface area (Å²) < 4.78 is 0. The first kappa shape index (κ1) is 17.0. The number of hydrogen-bond donors (Lipinski definition) is 2. The smallest absolute Gasteiger partial charge is 0.252 e. The summed E-state index contributed by atoms with van der Waals surface area (Å²) >= 11 is 0. The lowest BCUT2D eigenvalue weighted by Crippen LogP contribution is -2.55. The van der Waals surface area contributed by atoms with Crippen LogP contribution in [0.25, 0.3) is 0 Å². The van der Waals surface area contributed by atoms with Gasteiger partial charge in [0, 0.05) is 5.69 Å². The summed E-state index contributed by atoms with van der Waals surface area (Å²) in [5.41, 5.74) is 3.73. The van der Waals surface area contributed by atoms with Crippen molar-refractivity contribution in [1.82, 2.24) is 0 Å². The van der Waals surface area contributed by atoms with Gasteiger partial charge in [0.15, 0.2) is 0 Å². The predicted octanol–water partition coefficient (Wildman–Crippen LogP) is 3.48. The summed E-state index contributed by atoms with van der Waals surface area (Å²) in [4.78, 5) is 26.9. The van der Waals surface area contributed by atoms with Crippen molar-refractivity contribution in [2.75, 3.05) is 22.1 Å². The van der Waals surface area contributed by atoms with Crippen molar-refractivity contribution >= 4 is 28.9 Å². The summed E-state index contributed by atoms with van der Waals surface area (Å²) in [6, 6.07) is 13.4. The zero-order chi connectivity index (χ0) is 18.2. The Balaban J connectivity index is 1.83. The van der Waals surface area contributed by atoms with Crippen LogP contribution in [0.4, 0.5) is 17.1 Å². The summed E-state index contributed by atoms with van der Waals surface area (Å²) in [5, 5.41) is 6.14. The summed E-state index contributed by atoms with van der Waals surface area (Å²) in [6.45, 7) is 7.59. The van der Waals surface area contributed by atoms with Crippen LogP contribution >= 0.6 is 0 Å². The molecule has 2 N–H and O–H groups in total. The summed E-state index contributed by atoms with van der Waals surface area (Å²) in [6.07, 6.45) is 0. The molecule has 2 aromatic carbocycles. The molecule has 2 amide bonds. The number of benzene rings is 2. The number of aryl methyl sites for hydroxylation is 2. The van der Waals surface area contributed by atoms with Gasteiger partial charge < -0.3 is 10.6 Å². The average molecular weight is 337 g/mol. The number of fused-ring (bicyclic) bond motifs is 1. The van der Waals surface area contributed by atoms with Gasteiger partial charge in [-0.1, -0.05) is 29.8 Å². The number of para-hydroxylation sites is 2. The number of rotatable bonds is 3. The number of anilines is 3. The lowest BCUT2D eigenvalue weighted by atomic mass is 9.98. The molecule has 0 unspecified atom stereocenters. The third kappa shape index (κ3) is 3.36. The van der Waals surface area contributed by atoms with Gasteiger partial charge in [-0.05, 0) is 51.5 Å². The predicted molar refractivity (Wildman–Crippen MR) is 101 cm³/mol. The van der Waals surface area contributed by atoms with Gasteiger partial charge in [-0.2, -0.15) is 0 Å². The highest BCUT2D eigenvalue weighted by molar-refractivity contribution is 6.11. The Labute approximate surface area is 148 Å². The molecule has 0 fully saturated rings. The molecule has 130 valence electrons. The fourth-order valence-corrected chi connectivity index (χ4v) is 3.10. The highest BCUT2D eigenvalue weighted by Gasteiger charge is 2.39. The lowest BCUT2D eigenvalue weighted by Gasteiger charge is -2.39. The molecular weight excluding hydrogens is 314 g/mol. The molecule has 0 saturated heterocycles. The Hall–Kier alpha value is -2.82. The Bertz CT molecular complexity index is 843. The van der Waals surface area contributed by atoms with Crippen LogP contribution in [-0.4, -0.2) is 23.9 Å². The highest BCUT2D eigenvalue weighted by Crippen LogP contribution is 2.34. The first-order valence-electron chi connectivity index (χ1n) is 8.34. The number of nitrogens with zero attached hydrogens (tertiary/aromatic N) is 1. The van der Waals surface area contributed by atoms with Crippen molar-refractivity contribution in [2.24, 2.45) is 0 Å². The second kappa shape index (κ2) is 6.24. The van der Waals surface area contributed by atoms with E-state index in [4.69, 9.17) is 0 Å². The first-order chi connectivity index (χ1) is 11.8. The quantitative estimate of drug-likeness (QED) is 0.901. The van der Waals surface area contributed by atoms with Crippen molar-refractivity contribution in [1.29, 1.82) is 0 Å². The normalized spacial score (nSPS) is 15.4. The van der Waals surface area contributed by atoms with Gasteiger partial charge in [0.05, 0.1) is 11.4 Å². The van der Waals surface area contributed by atoms with E-state index >= 15 is 0 Å². The lowest BCUT2D eigenvalue weighted by molar-refractivity contribution is -0.124. The van der Waals surface area contributed by atoms with Crippen molar-refractivity contribution in [2.45, 2.75) is 33.2 Å². The monoisotopic (exact) mass is 337 g/mol. The molecule has 0 aliphatic carbocycles. The number of carbonyl (C=O) groups excluding carboxylic acids is 2. The molecule has 5 heteroatoms. The molecule has 25 heavy (non-hydrogen) atoms. The van der Waals surface area contributed by atoms with E-state index in [-0.39, 0.29) is 18.4 Å². The summed E-state index contributed by atoms with van der Waals surface area (Å²) in [5.74, 6) is -0.338. The molecule has 5 nitrogen and oxygen atoms in total. The molecular formula is C20H23N3O2. The van der Waals surface area contributed by atoms with Crippen molar-refractivity contribution in [3.05, 3.63) is 53.6 Å². The number of hydrogen-bond acceptors (Lipinski definition) is 3. The minimum Gasteiger partial charge on any atom is -0.370 e. The maximum Gasteiger partial charge on any atom is 0.252 e. The summed E-state index contributed by atoms with van der Waals surface area (Å²) in [7, 11) is 0. The van der Waals surface area contributed by atoms with E-state index in [1.54, 1.807) is 4.90 Å². The third-order valence-corrected chi connectivity index (χ3v) is 4.38.